The van der Waals surface area contributed by atoms with Crippen LogP contribution in [0.3, 0.4) is 0 Å². The fraction of sp³-hybridized carbons (Fsp3) is 0.533. The zero-order valence-corrected chi connectivity index (χ0v) is 11.4. The van der Waals surface area contributed by atoms with E-state index in [0.29, 0.717) is 13.2 Å². The van der Waals surface area contributed by atoms with Crippen LogP contribution in [-0.2, 0) is 4.74 Å². The second-order valence-electron chi connectivity index (χ2n) is 5.29. The number of urea groups is 1. The number of fused-ring (bicyclic) bond motifs is 1. The molecule has 0 radical (unpaired) electrons. The van der Waals surface area contributed by atoms with Crippen molar-refractivity contribution in [2.75, 3.05) is 26.4 Å². The number of amides is 2. The number of ether oxygens (including phenoxy) is 2. The molecule has 0 bridgehead atoms. The van der Waals surface area contributed by atoms with E-state index in [1.807, 2.05) is 18.2 Å². The monoisotopic (exact) mass is 276 g/mol. The minimum atomic E-state index is -0.0960. The van der Waals surface area contributed by atoms with Crippen molar-refractivity contribution >= 4 is 6.03 Å². The number of benzene rings is 1. The summed E-state index contributed by atoms with van der Waals surface area (Å²) in [6.07, 6.45) is 1.78. The highest BCUT2D eigenvalue weighted by molar-refractivity contribution is 5.74. The second-order valence-corrected chi connectivity index (χ2v) is 5.29. The standard InChI is InChI=1S/C15H20N2O3/c18-15(17-12-5-7-19-8-6-12)16-9-11-10-20-14-4-2-1-3-13(11)14/h1-4,11-12H,5-10H2,(H2,16,17,18). The summed E-state index contributed by atoms with van der Waals surface area (Å²) in [5, 5.41) is 5.94. The Bertz CT molecular complexity index is 472. The largest absolute Gasteiger partial charge is 0.493 e. The van der Waals surface area contributed by atoms with Gasteiger partial charge in [0.2, 0.25) is 0 Å². The van der Waals surface area contributed by atoms with Crippen molar-refractivity contribution in [2.24, 2.45) is 0 Å². The van der Waals surface area contributed by atoms with Crippen molar-refractivity contribution in [1.82, 2.24) is 10.6 Å². The molecule has 1 aromatic rings. The van der Waals surface area contributed by atoms with Crippen molar-refractivity contribution < 1.29 is 14.3 Å². The van der Waals surface area contributed by atoms with Gasteiger partial charge in [-0.3, -0.25) is 0 Å². The van der Waals surface area contributed by atoms with E-state index in [2.05, 4.69) is 16.7 Å². The summed E-state index contributed by atoms with van der Waals surface area (Å²) in [6, 6.07) is 8.13. The lowest BCUT2D eigenvalue weighted by atomic mass is 10.0. The fourth-order valence-corrected chi connectivity index (χ4v) is 2.69. The smallest absolute Gasteiger partial charge is 0.315 e. The highest BCUT2D eigenvalue weighted by Gasteiger charge is 2.24. The molecule has 2 N–H and O–H groups in total. The SMILES string of the molecule is O=C(NCC1COc2ccccc21)NC1CCOCC1. The Morgan fingerprint density at radius 3 is 2.90 bits per heavy atom. The van der Waals surface area contributed by atoms with E-state index in [-0.39, 0.29) is 18.0 Å². The van der Waals surface area contributed by atoms with Crippen molar-refractivity contribution in [1.29, 1.82) is 0 Å². The van der Waals surface area contributed by atoms with Crippen molar-refractivity contribution in [3.05, 3.63) is 29.8 Å². The Morgan fingerprint density at radius 1 is 1.25 bits per heavy atom. The fourth-order valence-electron chi connectivity index (χ4n) is 2.69. The first-order chi connectivity index (χ1) is 9.83. The molecule has 2 aliphatic heterocycles. The maximum atomic E-state index is 11.9. The molecule has 1 unspecified atom stereocenters. The van der Waals surface area contributed by atoms with Crippen LogP contribution in [-0.4, -0.2) is 38.4 Å². The van der Waals surface area contributed by atoms with E-state index < -0.39 is 0 Å². The molecule has 2 amide bonds. The van der Waals surface area contributed by atoms with Crippen LogP contribution >= 0.6 is 0 Å². The Balaban J connectivity index is 1.46. The lowest BCUT2D eigenvalue weighted by Gasteiger charge is -2.23. The first-order valence-electron chi connectivity index (χ1n) is 7.17. The molecule has 1 fully saturated rings. The third kappa shape index (κ3) is 3.04. The number of hydrogen-bond donors (Lipinski definition) is 2. The van der Waals surface area contributed by atoms with Crippen molar-refractivity contribution in [3.63, 3.8) is 0 Å². The summed E-state index contributed by atoms with van der Waals surface area (Å²) in [5.41, 5.74) is 1.18. The third-order valence-electron chi connectivity index (χ3n) is 3.86. The minimum Gasteiger partial charge on any atom is -0.493 e. The molecule has 2 aliphatic rings. The number of hydrogen-bond acceptors (Lipinski definition) is 3. The normalized spacial score (nSPS) is 21.9. The molecule has 1 saturated heterocycles. The molecule has 1 atom stereocenters. The first-order valence-corrected chi connectivity index (χ1v) is 7.17. The maximum absolute atomic E-state index is 11.9. The van der Waals surface area contributed by atoms with E-state index in [9.17, 15) is 4.79 Å². The number of para-hydroxylation sites is 1. The van der Waals surface area contributed by atoms with Crippen LogP contribution < -0.4 is 15.4 Å². The van der Waals surface area contributed by atoms with Crippen LogP contribution in [0.2, 0.25) is 0 Å². The number of carbonyl (C=O) groups excluding carboxylic acids is 1. The molecule has 2 heterocycles. The van der Waals surface area contributed by atoms with Crippen LogP contribution in [0.1, 0.15) is 24.3 Å². The molecule has 5 heteroatoms. The van der Waals surface area contributed by atoms with Gasteiger partial charge in [-0.25, -0.2) is 4.79 Å². The zero-order chi connectivity index (χ0) is 13.8. The van der Waals surface area contributed by atoms with E-state index in [4.69, 9.17) is 9.47 Å². The average Bonchev–Trinajstić information content (AvgIpc) is 2.89. The first kappa shape index (κ1) is 13.2. The molecule has 108 valence electrons. The Hall–Kier alpha value is -1.75. The van der Waals surface area contributed by atoms with E-state index in [0.717, 1.165) is 31.8 Å². The van der Waals surface area contributed by atoms with Crippen LogP contribution in [0.15, 0.2) is 24.3 Å². The van der Waals surface area contributed by atoms with Gasteiger partial charge in [-0.2, -0.15) is 0 Å². The topological polar surface area (TPSA) is 59.6 Å². The van der Waals surface area contributed by atoms with Gasteiger partial charge >= 0.3 is 6.03 Å². The lowest BCUT2D eigenvalue weighted by Crippen LogP contribution is -2.45. The van der Waals surface area contributed by atoms with Gasteiger partial charge in [0.05, 0.1) is 6.61 Å². The summed E-state index contributed by atoms with van der Waals surface area (Å²) in [6.45, 7) is 2.70. The summed E-state index contributed by atoms with van der Waals surface area (Å²) >= 11 is 0. The van der Waals surface area contributed by atoms with Gasteiger partial charge in [0.15, 0.2) is 0 Å². The van der Waals surface area contributed by atoms with Gasteiger partial charge in [0.1, 0.15) is 5.75 Å². The highest BCUT2D eigenvalue weighted by Crippen LogP contribution is 2.32. The Morgan fingerprint density at radius 2 is 2.05 bits per heavy atom. The predicted octanol–water partition coefficient (Wildman–Crippen LogP) is 1.64. The second kappa shape index (κ2) is 6.13. The van der Waals surface area contributed by atoms with Crippen molar-refractivity contribution in [3.8, 4) is 5.75 Å². The maximum Gasteiger partial charge on any atom is 0.315 e. The molecule has 1 aromatic carbocycles. The van der Waals surface area contributed by atoms with E-state index in [1.54, 1.807) is 0 Å². The number of rotatable bonds is 3. The van der Waals surface area contributed by atoms with Crippen molar-refractivity contribution in [2.45, 2.75) is 24.8 Å². The quantitative estimate of drug-likeness (QED) is 0.882. The van der Waals surface area contributed by atoms with Crippen LogP contribution in [0.4, 0.5) is 4.79 Å². The highest BCUT2D eigenvalue weighted by atomic mass is 16.5. The molecular weight excluding hydrogens is 256 g/mol. The Labute approximate surface area is 118 Å². The summed E-state index contributed by atoms with van der Waals surface area (Å²) < 4.78 is 10.9. The molecule has 0 aliphatic carbocycles. The molecule has 0 aromatic heterocycles. The third-order valence-corrected chi connectivity index (χ3v) is 3.86. The molecule has 20 heavy (non-hydrogen) atoms. The Kier molecular flexibility index (Phi) is 4.06. The lowest BCUT2D eigenvalue weighted by molar-refractivity contribution is 0.0800. The predicted molar refractivity (Wildman–Crippen MR) is 75.1 cm³/mol. The summed E-state index contributed by atoms with van der Waals surface area (Å²) in [7, 11) is 0. The van der Waals surface area contributed by atoms with Crippen LogP contribution in [0.5, 0.6) is 5.75 Å². The number of carbonyl (C=O) groups is 1. The zero-order valence-electron chi connectivity index (χ0n) is 11.4. The average molecular weight is 276 g/mol. The molecule has 0 saturated carbocycles. The molecule has 3 rings (SSSR count). The summed E-state index contributed by atoms with van der Waals surface area (Å²) in [4.78, 5) is 11.9. The summed E-state index contributed by atoms with van der Waals surface area (Å²) in [5.74, 6) is 1.18. The van der Waals surface area contributed by atoms with Gasteiger partial charge < -0.3 is 20.1 Å². The number of nitrogens with one attached hydrogen (secondary N) is 2. The van der Waals surface area contributed by atoms with Gasteiger partial charge in [-0.1, -0.05) is 18.2 Å². The van der Waals surface area contributed by atoms with Gasteiger partial charge in [0, 0.05) is 37.3 Å². The van der Waals surface area contributed by atoms with E-state index in [1.165, 1.54) is 5.56 Å². The van der Waals surface area contributed by atoms with Crippen LogP contribution in [0, 0.1) is 0 Å². The van der Waals surface area contributed by atoms with Gasteiger partial charge in [-0.15, -0.1) is 0 Å². The van der Waals surface area contributed by atoms with Gasteiger partial charge in [-0.05, 0) is 18.9 Å². The van der Waals surface area contributed by atoms with Crippen LogP contribution in [0.25, 0.3) is 0 Å². The molecule has 0 spiro atoms. The van der Waals surface area contributed by atoms with Gasteiger partial charge in [0.25, 0.3) is 0 Å². The molecular formula is C15H20N2O3. The minimum absolute atomic E-state index is 0.0960. The molecule has 5 nitrogen and oxygen atoms in total. The van der Waals surface area contributed by atoms with E-state index >= 15 is 0 Å².